The molecule has 1 aliphatic heterocycles. The number of rotatable bonds is 3. The van der Waals surface area contributed by atoms with E-state index in [4.69, 9.17) is 0 Å². The lowest BCUT2D eigenvalue weighted by molar-refractivity contribution is 0.342. The van der Waals surface area contributed by atoms with E-state index in [2.05, 4.69) is 36.6 Å². The molecule has 6 heteroatoms. The molecule has 1 aliphatic rings. The monoisotopic (exact) mass is 258 g/mol. The van der Waals surface area contributed by atoms with Crippen molar-refractivity contribution in [3.8, 4) is 0 Å². The highest BCUT2D eigenvalue weighted by atomic mass is 15.3. The lowest BCUT2D eigenvalue weighted by atomic mass is 10.1. The minimum atomic E-state index is 0.493. The second kappa shape index (κ2) is 5.36. The van der Waals surface area contributed by atoms with E-state index in [1.807, 2.05) is 6.92 Å². The van der Waals surface area contributed by atoms with Crippen LogP contribution in [-0.2, 0) is 0 Å². The molecule has 3 heterocycles. The van der Waals surface area contributed by atoms with Gasteiger partial charge in [0.2, 0.25) is 5.95 Å². The van der Waals surface area contributed by atoms with E-state index in [-0.39, 0.29) is 0 Å². The van der Waals surface area contributed by atoms with E-state index in [1.165, 1.54) is 0 Å². The molecule has 0 aliphatic carbocycles. The van der Waals surface area contributed by atoms with Gasteiger partial charge in [-0.15, -0.1) is 0 Å². The zero-order valence-electron chi connectivity index (χ0n) is 11.0. The van der Waals surface area contributed by atoms with Crippen LogP contribution in [0.25, 0.3) is 0 Å². The molecule has 0 amide bonds. The molecule has 2 aromatic rings. The Labute approximate surface area is 112 Å². The molecule has 2 aromatic heterocycles. The molecular formula is C13H18N6. The molecule has 0 bridgehead atoms. The summed E-state index contributed by atoms with van der Waals surface area (Å²) in [5.41, 5.74) is 1.95. The van der Waals surface area contributed by atoms with Crippen LogP contribution in [0.5, 0.6) is 0 Å². The van der Waals surface area contributed by atoms with Gasteiger partial charge in [-0.1, -0.05) is 0 Å². The average molecular weight is 258 g/mol. The Kier molecular flexibility index (Phi) is 3.41. The molecule has 0 spiro atoms. The van der Waals surface area contributed by atoms with E-state index >= 15 is 0 Å². The van der Waals surface area contributed by atoms with Crippen molar-refractivity contribution in [2.24, 2.45) is 0 Å². The molecule has 1 fully saturated rings. The van der Waals surface area contributed by atoms with Gasteiger partial charge in [-0.25, -0.2) is 9.97 Å². The van der Waals surface area contributed by atoms with Gasteiger partial charge in [-0.3, -0.25) is 4.68 Å². The third-order valence-corrected chi connectivity index (χ3v) is 3.41. The van der Waals surface area contributed by atoms with Crippen LogP contribution in [0.4, 0.5) is 11.6 Å². The van der Waals surface area contributed by atoms with Gasteiger partial charge in [0.25, 0.3) is 0 Å². The Morgan fingerprint density at radius 2 is 2.00 bits per heavy atom. The number of nitrogens with zero attached hydrogens (tertiary/aromatic N) is 4. The van der Waals surface area contributed by atoms with Crippen LogP contribution < -0.4 is 10.6 Å². The van der Waals surface area contributed by atoms with Crippen molar-refractivity contribution in [1.82, 2.24) is 25.1 Å². The number of piperidine rings is 1. The van der Waals surface area contributed by atoms with Crippen LogP contribution in [0.3, 0.4) is 0 Å². The molecule has 2 N–H and O–H groups in total. The second-order valence-corrected chi connectivity index (χ2v) is 4.79. The number of anilines is 2. The van der Waals surface area contributed by atoms with Crippen molar-refractivity contribution < 1.29 is 0 Å². The summed E-state index contributed by atoms with van der Waals surface area (Å²) in [4.78, 5) is 8.34. The summed E-state index contributed by atoms with van der Waals surface area (Å²) < 4.78 is 2.07. The SMILES string of the molecule is Cc1nn(C2CCNCC2)cc1Nc1ncccn1. The fourth-order valence-electron chi connectivity index (χ4n) is 2.35. The van der Waals surface area contributed by atoms with Crippen molar-refractivity contribution in [3.05, 3.63) is 30.4 Å². The first-order chi connectivity index (χ1) is 9.33. The predicted molar refractivity (Wildman–Crippen MR) is 73.4 cm³/mol. The maximum Gasteiger partial charge on any atom is 0.227 e. The van der Waals surface area contributed by atoms with Crippen LogP contribution in [0.15, 0.2) is 24.7 Å². The smallest absolute Gasteiger partial charge is 0.227 e. The largest absolute Gasteiger partial charge is 0.321 e. The Balaban J connectivity index is 1.77. The van der Waals surface area contributed by atoms with Crippen LogP contribution >= 0.6 is 0 Å². The van der Waals surface area contributed by atoms with Crippen LogP contribution in [-0.4, -0.2) is 32.8 Å². The third kappa shape index (κ3) is 2.73. The summed E-state index contributed by atoms with van der Waals surface area (Å²) in [5, 5.41) is 11.2. The summed E-state index contributed by atoms with van der Waals surface area (Å²) in [5.74, 6) is 0.607. The molecule has 6 nitrogen and oxygen atoms in total. The maximum atomic E-state index is 4.60. The number of aromatic nitrogens is 4. The molecule has 0 radical (unpaired) electrons. The normalized spacial score (nSPS) is 16.5. The van der Waals surface area contributed by atoms with E-state index < -0.39 is 0 Å². The van der Waals surface area contributed by atoms with Gasteiger partial charge in [-0.05, 0) is 38.9 Å². The summed E-state index contributed by atoms with van der Waals surface area (Å²) in [6.45, 7) is 4.13. The van der Waals surface area contributed by atoms with Gasteiger partial charge >= 0.3 is 0 Å². The van der Waals surface area contributed by atoms with Crippen LogP contribution in [0, 0.1) is 6.92 Å². The number of hydrogen-bond acceptors (Lipinski definition) is 5. The highest BCUT2D eigenvalue weighted by Crippen LogP contribution is 2.23. The summed E-state index contributed by atoms with van der Waals surface area (Å²) in [6.07, 6.45) is 7.76. The molecule has 0 atom stereocenters. The zero-order valence-corrected chi connectivity index (χ0v) is 11.0. The number of nitrogens with one attached hydrogen (secondary N) is 2. The summed E-state index contributed by atoms with van der Waals surface area (Å²) in [7, 11) is 0. The van der Waals surface area contributed by atoms with Crippen molar-refractivity contribution in [2.75, 3.05) is 18.4 Å². The summed E-state index contributed by atoms with van der Waals surface area (Å²) in [6, 6.07) is 2.29. The van der Waals surface area contributed by atoms with E-state index in [0.717, 1.165) is 37.3 Å². The lowest BCUT2D eigenvalue weighted by Gasteiger charge is -2.22. The standard InChI is InChI=1S/C13H18N6/c1-10-12(17-13-15-5-2-6-16-13)9-19(18-10)11-3-7-14-8-4-11/h2,5-6,9,11,14H,3-4,7-8H2,1H3,(H,15,16,17). The average Bonchev–Trinajstić information content (AvgIpc) is 2.82. The molecule has 100 valence electrons. The fraction of sp³-hybridized carbons (Fsp3) is 0.462. The van der Waals surface area contributed by atoms with Crippen molar-refractivity contribution in [2.45, 2.75) is 25.8 Å². The Bertz CT molecular complexity index is 529. The fourth-order valence-corrected chi connectivity index (χ4v) is 2.35. The predicted octanol–water partition coefficient (Wildman–Crippen LogP) is 1.65. The Morgan fingerprint density at radius 3 is 2.74 bits per heavy atom. The van der Waals surface area contributed by atoms with E-state index in [1.54, 1.807) is 18.5 Å². The highest BCUT2D eigenvalue weighted by molar-refractivity contribution is 5.54. The van der Waals surface area contributed by atoms with E-state index in [9.17, 15) is 0 Å². The van der Waals surface area contributed by atoms with Crippen molar-refractivity contribution in [1.29, 1.82) is 0 Å². The van der Waals surface area contributed by atoms with Crippen molar-refractivity contribution >= 4 is 11.6 Å². The zero-order chi connectivity index (χ0) is 13.1. The second-order valence-electron chi connectivity index (χ2n) is 4.79. The van der Waals surface area contributed by atoms with Gasteiger partial charge in [-0.2, -0.15) is 5.10 Å². The molecule has 19 heavy (non-hydrogen) atoms. The highest BCUT2D eigenvalue weighted by Gasteiger charge is 2.17. The third-order valence-electron chi connectivity index (χ3n) is 3.41. The first-order valence-electron chi connectivity index (χ1n) is 6.63. The molecule has 0 saturated carbocycles. The Hall–Kier alpha value is -1.95. The molecule has 3 rings (SSSR count). The molecule has 0 aromatic carbocycles. The quantitative estimate of drug-likeness (QED) is 0.876. The minimum absolute atomic E-state index is 0.493. The van der Waals surface area contributed by atoms with Crippen LogP contribution in [0.2, 0.25) is 0 Å². The van der Waals surface area contributed by atoms with Gasteiger partial charge < -0.3 is 10.6 Å². The molecule has 1 saturated heterocycles. The summed E-state index contributed by atoms with van der Waals surface area (Å²) >= 11 is 0. The van der Waals surface area contributed by atoms with Crippen molar-refractivity contribution in [3.63, 3.8) is 0 Å². The van der Waals surface area contributed by atoms with Gasteiger partial charge in [0.15, 0.2) is 0 Å². The Morgan fingerprint density at radius 1 is 1.26 bits per heavy atom. The first kappa shape index (κ1) is 12.1. The van der Waals surface area contributed by atoms with Gasteiger partial charge in [0.1, 0.15) is 0 Å². The topological polar surface area (TPSA) is 67.7 Å². The van der Waals surface area contributed by atoms with Gasteiger partial charge in [0.05, 0.1) is 17.4 Å². The molecule has 0 unspecified atom stereocenters. The first-order valence-corrected chi connectivity index (χ1v) is 6.63. The van der Waals surface area contributed by atoms with Gasteiger partial charge in [0, 0.05) is 18.6 Å². The lowest BCUT2D eigenvalue weighted by Crippen LogP contribution is -2.29. The maximum absolute atomic E-state index is 4.60. The number of aryl methyl sites for hydroxylation is 1. The molecular weight excluding hydrogens is 240 g/mol. The minimum Gasteiger partial charge on any atom is -0.321 e. The van der Waals surface area contributed by atoms with Crippen LogP contribution in [0.1, 0.15) is 24.6 Å². The number of hydrogen-bond donors (Lipinski definition) is 2. The van der Waals surface area contributed by atoms with E-state index in [0.29, 0.717) is 12.0 Å².